The third kappa shape index (κ3) is 2.40. The Morgan fingerprint density at radius 1 is 1.41 bits per heavy atom. The average Bonchev–Trinajstić information content (AvgIpc) is 2.32. The summed E-state index contributed by atoms with van der Waals surface area (Å²) in [7, 11) is 0. The van der Waals surface area contributed by atoms with E-state index in [4.69, 9.17) is 4.74 Å². The minimum absolute atomic E-state index is 0.000278. The molecule has 1 aliphatic rings. The van der Waals surface area contributed by atoms with Crippen LogP contribution in [0.1, 0.15) is 11.7 Å². The number of benzene rings is 1. The van der Waals surface area contributed by atoms with Crippen molar-refractivity contribution >= 4 is 5.69 Å². The summed E-state index contributed by atoms with van der Waals surface area (Å²) in [5.74, 6) is -1.88. The fourth-order valence-corrected chi connectivity index (χ4v) is 1.70. The Kier molecular flexibility index (Phi) is 3.30. The van der Waals surface area contributed by atoms with Gasteiger partial charge in [0, 0.05) is 18.7 Å². The molecule has 92 valence electrons. The molecule has 1 aromatic rings. The highest BCUT2D eigenvalue weighted by Gasteiger charge is 2.24. The Morgan fingerprint density at radius 3 is 2.76 bits per heavy atom. The van der Waals surface area contributed by atoms with Crippen molar-refractivity contribution in [2.75, 3.05) is 19.7 Å². The molecular formula is C10H10F2N2O3. The van der Waals surface area contributed by atoms with Crippen LogP contribution >= 0.6 is 0 Å². The van der Waals surface area contributed by atoms with Crippen LogP contribution in [0.4, 0.5) is 14.5 Å². The van der Waals surface area contributed by atoms with Gasteiger partial charge in [-0.1, -0.05) is 0 Å². The molecule has 1 aromatic carbocycles. The zero-order chi connectivity index (χ0) is 12.4. The summed E-state index contributed by atoms with van der Waals surface area (Å²) >= 11 is 0. The van der Waals surface area contributed by atoms with E-state index in [2.05, 4.69) is 5.32 Å². The van der Waals surface area contributed by atoms with Crippen molar-refractivity contribution in [2.24, 2.45) is 0 Å². The van der Waals surface area contributed by atoms with Crippen LogP contribution in [0.3, 0.4) is 0 Å². The second kappa shape index (κ2) is 4.72. The fourth-order valence-electron chi connectivity index (χ4n) is 1.70. The summed E-state index contributed by atoms with van der Waals surface area (Å²) < 4.78 is 32.2. The standard InChI is InChI=1S/C10H10F2N2O3/c11-7-4-9(14(15)16)8(12)3-6(7)10-5-13-1-2-17-10/h3-4,10,13H,1-2,5H2. The predicted molar refractivity (Wildman–Crippen MR) is 54.6 cm³/mol. The topological polar surface area (TPSA) is 64.4 Å². The summed E-state index contributed by atoms with van der Waals surface area (Å²) in [6.45, 7) is 1.39. The quantitative estimate of drug-likeness (QED) is 0.633. The molecule has 1 atom stereocenters. The molecule has 1 heterocycles. The molecule has 0 spiro atoms. The Bertz CT molecular complexity index is 447. The second-order valence-electron chi connectivity index (χ2n) is 3.65. The summed E-state index contributed by atoms with van der Waals surface area (Å²) in [6, 6.07) is 1.41. The number of nitrogens with one attached hydrogen (secondary N) is 1. The zero-order valence-electron chi connectivity index (χ0n) is 8.78. The minimum atomic E-state index is -1.06. The van der Waals surface area contributed by atoms with Gasteiger partial charge in [0.15, 0.2) is 0 Å². The average molecular weight is 244 g/mol. The first kappa shape index (κ1) is 11.9. The van der Waals surface area contributed by atoms with E-state index >= 15 is 0 Å². The fraction of sp³-hybridized carbons (Fsp3) is 0.400. The normalized spacial score (nSPS) is 20.2. The summed E-state index contributed by atoms with van der Waals surface area (Å²) in [5, 5.41) is 13.4. The molecule has 0 radical (unpaired) electrons. The SMILES string of the molecule is O=[N+]([O-])c1cc(F)c(C2CNCCO2)cc1F. The summed E-state index contributed by atoms with van der Waals surface area (Å²) in [4.78, 5) is 9.46. The molecule has 1 aliphatic heterocycles. The molecule has 0 saturated carbocycles. The molecule has 0 bridgehead atoms. The van der Waals surface area contributed by atoms with Crippen LogP contribution in [0.15, 0.2) is 12.1 Å². The van der Waals surface area contributed by atoms with Gasteiger partial charge in [-0.2, -0.15) is 4.39 Å². The molecule has 1 fully saturated rings. The maximum Gasteiger partial charge on any atom is 0.307 e. The molecular weight excluding hydrogens is 234 g/mol. The van der Waals surface area contributed by atoms with Crippen molar-refractivity contribution in [3.05, 3.63) is 39.4 Å². The van der Waals surface area contributed by atoms with Gasteiger partial charge >= 0.3 is 5.69 Å². The van der Waals surface area contributed by atoms with Crippen LogP contribution in [0.2, 0.25) is 0 Å². The number of halogens is 2. The first-order chi connectivity index (χ1) is 8.09. The number of rotatable bonds is 2. The molecule has 0 aromatic heterocycles. The predicted octanol–water partition coefficient (Wildman–Crippen LogP) is 1.53. The Morgan fingerprint density at radius 2 is 2.18 bits per heavy atom. The van der Waals surface area contributed by atoms with E-state index < -0.39 is 28.3 Å². The van der Waals surface area contributed by atoms with Crippen molar-refractivity contribution < 1.29 is 18.4 Å². The van der Waals surface area contributed by atoms with E-state index in [1.165, 1.54) is 0 Å². The lowest BCUT2D eigenvalue weighted by Crippen LogP contribution is -2.33. The minimum Gasteiger partial charge on any atom is -0.371 e. The van der Waals surface area contributed by atoms with Crippen molar-refractivity contribution in [1.29, 1.82) is 0 Å². The molecule has 0 amide bonds. The lowest BCUT2D eigenvalue weighted by Gasteiger charge is -2.24. The number of hydrogen-bond donors (Lipinski definition) is 1. The van der Waals surface area contributed by atoms with Gasteiger partial charge in [-0.25, -0.2) is 4.39 Å². The number of nitro benzene ring substituents is 1. The molecule has 7 heteroatoms. The van der Waals surface area contributed by atoms with E-state index in [0.29, 0.717) is 25.8 Å². The number of ether oxygens (including phenoxy) is 1. The van der Waals surface area contributed by atoms with Gasteiger partial charge in [-0.05, 0) is 6.07 Å². The monoisotopic (exact) mass is 244 g/mol. The van der Waals surface area contributed by atoms with Crippen LogP contribution in [-0.4, -0.2) is 24.6 Å². The van der Waals surface area contributed by atoms with E-state index in [1.807, 2.05) is 0 Å². The maximum absolute atomic E-state index is 13.6. The van der Waals surface area contributed by atoms with Crippen molar-refractivity contribution in [3.8, 4) is 0 Å². The summed E-state index contributed by atoms with van der Waals surface area (Å²) in [5.41, 5.74) is -0.865. The second-order valence-corrected chi connectivity index (χ2v) is 3.65. The summed E-state index contributed by atoms with van der Waals surface area (Å²) in [6.07, 6.45) is -0.612. The van der Waals surface area contributed by atoms with Crippen LogP contribution < -0.4 is 5.32 Å². The van der Waals surface area contributed by atoms with Crippen LogP contribution in [0.5, 0.6) is 0 Å². The number of morpholine rings is 1. The first-order valence-corrected chi connectivity index (χ1v) is 5.05. The molecule has 0 aliphatic carbocycles. The van der Waals surface area contributed by atoms with Crippen LogP contribution in [0.25, 0.3) is 0 Å². The van der Waals surface area contributed by atoms with Gasteiger partial charge in [-0.15, -0.1) is 0 Å². The molecule has 17 heavy (non-hydrogen) atoms. The number of nitro groups is 1. The third-order valence-electron chi connectivity index (χ3n) is 2.54. The largest absolute Gasteiger partial charge is 0.371 e. The first-order valence-electron chi connectivity index (χ1n) is 5.05. The maximum atomic E-state index is 13.6. The molecule has 1 saturated heterocycles. The lowest BCUT2D eigenvalue weighted by molar-refractivity contribution is -0.387. The van der Waals surface area contributed by atoms with Gasteiger partial charge in [-0.3, -0.25) is 10.1 Å². The molecule has 2 rings (SSSR count). The zero-order valence-corrected chi connectivity index (χ0v) is 8.78. The molecule has 1 N–H and O–H groups in total. The van der Waals surface area contributed by atoms with E-state index in [1.54, 1.807) is 0 Å². The molecule has 5 nitrogen and oxygen atoms in total. The van der Waals surface area contributed by atoms with Gasteiger partial charge < -0.3 is 10.1 Å². The van der Waals surface area contributed by atoms with Crippen molar-refractivity contribution in [2.45, 2.75) is 6.10 Å². The third-order valence-corrected chi connectivity index (χ3v) is 2.54. The highest BCUT2D eigenvalue weighted by atomic mass is 19.1. The van der Waals surface area contributed by atoms with Gasteiger partial charge in [0.1, 0.15) is 5.82 Å². The Hall–Kier alpha value is -1.60. The lowest BCUT2D eigenvalue weighted by atomic mass is 10.1. The van der Waals surface area contributed by atoms with Crippen molar-refractivity contribution in [1.82, 2.24) is 5.32 Å². The van der Waals surface area contributed by atoms with Crippen LogP contribution in [-0.2, 0) is 4.74 Å². The highest BCUT2D eigenvalue weighted by Crippen LogP contribution is 2.27. The van der Waals surface area contributed by atoms with E-state index in [-0.39, 0.29) is 5.56 Å². The Labute approximate surface area is 95.5 Å². The smallest absolute Gasteiger partial charge is 0.307 e. The Balaban J connectivity index is 2.35. The van der Waals surface area contributed by atoms with E-state index in [0.717, 1.165) is 6.07 Å². The van der Waals surface area contributed by atoms with Crippen LogP contribution in [0, 0.1) is 21.7 Å². The highest BCUT2D eigenvalue weighted by molar-refractivity contribution is 5.37. The van der Waals surface area contributed by atoms with Gasteiger partial charge in [0.05, 0.1) is 23.7 Å². The number of nitrogens with zero attached hydrogens (tertiary/aromatic N) is 1. The molecule has 1 unspecified atom stereocenters. The van der Waals surface area contributed by atoms with Gasteiger partial charge in [0.25, 0.3) is 0 Å². The van der Waals surface area contributed by atoms with Crippen molar-refractivity contribution in [3.63, 3.8) is 0 Å². The van der Waals surface area contributed by atoms with Gasteiger partial charge in [0.2, 0.25) is 5.82 Å². The number of hydrogen-bond acceptors (Lipinski definition) is 4. The van der Waals surface area contributed by atoms with E-state index in [9.17, 15) is 18.9 Å².